The maximum atomic E-state index is 13.2. The molecule has 1 aliphatic heterocycles. The molecule has 2 amide bonds. The molecule has 6 heteroatoms. The van der Waals surface area contributed by atoms with E-state index in [-0.39, 0.29) is 11.8 Å². The van der Waals surface area contributed by atoms with E-state index in [1.807, 2.05) is 71.6 Å². The minimum atomic E-state index is -0.0896. The van der Waals surface area contributed by atoms with Crippen molar-refractivity contribution in [2.75, 3.05) is 36.4 Å². The molecule has 0 bridgehead atoms. The highest BCUT2D eigenvalue weighted by Crippen LogP contribution is 2.24. The highest BCUT2D eigenvalue weighted by Gasteiger charge is 2.24. The average Bonchev–Trinajstić information content (AvgIpc) is 2.79. The monoisotopic (exact) mass is 400 g/mol. The Hall–Kier alpha value is -3.67. The van der Waals surface area contributed by atoms with Crippen LogP contribution in [-0.2, 0) is 4.79 Å². The third kappa shape index (κ3) is 4.33. The second kappa shape index (κ2) is 8.78. The van der Waals surface area contributed by atoms with Gasteiger partial charge in [0.05, 0.1) is 11.3 Å². The zero-order chi connectivity index (χ0) is 20.9. The summed E-state index contributed by atoms with van der Waals surface area (Å²) in [5.41, 5.74) is 4.11. The first-order valence-corrected chi connectivity index (χ1v) is 10.0. The summed E-state index contributed by atoms with van der Waals surface area (Å²) in [6.07, 6.45) is 1.72. The Bertz CT molecular complexity index is 1040. The van der Waals surface area contributed by atoms with Crippen molar-refractivity contribution in [2.45, 2.75) is 6.92 Å². The number of benzene rings is 2. The Labute approximate surface area is 176 Å². The van der Waals surface area contributed by atoms with E-state index < -0.39 is 0 Å². The van der Waals surface area contributed by atoms with E-state index in [2.05, 4.69) is 15.2 Å². The number of rotatable bonds is 4. The van der Waals surface area contributed by atoms with E-state index >= 15 is 0 Å². The normalized spacial score (nSPS) is 13.8. The van der Waals surface area contributed by atoms with Crippen LogP contribution in [0.25, 0.3) is 11.3 Å². The Kier molecular flexibility index (Phi) is 5.75. The number of anilines is 2. The molecule has 3 aromatic rings. The Morgan fingerprint density at radius 1 is 0.900 bits per heavy atom. The average molecular weight is 400 g/mol. The number of pyridine rings is 1. The minimum absolute atomic E-state index is 0.00796. The standard InChI is InChI=1S/C24H24N4O2/c1-18(29)26-20-9-5-10-21(17-20)27-13-15-28(16-14-27)24(30)22-11-6-12-25-23(22)19-7-3-2-4-8-19/h2-12,17H,13-16H2,1H3,(H,26,29). The van der Waals surface area contributed by atoms with Gasteiger partial charge in [-0.05, 0) is 30.3 Å². The van der Waals surface area contributed by atoms with Crippen molar-refractivity contribution >= 4 is 23.2 Å². The molecule has 1 aliphatic rings. The topological polar surface area (TPSA) is 65.5 Å². The van der Waals surface area contributed by atoms with Crippen LogP contribution in [0.3, 0.4) is 0 Å². The summed E-state index contributed by atoms with van der Waals surface area (Å²) in [6.45, 7) is 4.23. The van der Waals surface area contributed by atoms with E-state index in [0.29, 0.717) is 24.3 Å². The molecule has 4 rings (SSSR count). The largest absolute Gasteiger partial charge is 0.368 e. The zero-order valence-electron chi connectivity index (χ0n) is 16.9. The second-order valence-corrected chi connectivity index (χ2v) is 7.28. The highest BCUT2D eigenvalue weighted by atomic mass is 16.2. The fourth-order valence-electron chi connectivity index (χ4n) is 3.73. The number of piperazine rings is 1. The van der Waals surface area contributed by atoms with E-state index in [0.717, 1.165) is 30.0 Å². The number of nitrogens with one attached hydrogen (secondary N) is 1. The Balaban J connectivity index is 1.47. The van der Waals surface area contributed by atoms with Gasteiger partial charge in [-0.25, -0.2) is 0 Å². The minimum Gasteiger partial charge on any atom is -0.368 e. The lowest BCUT2D eigenvalue weighted by atomic mass is 10.0. The van der Waals surface area contributed by atoms with E-state index in [9.17, 15) is 9.59 Å². The van der Waals surface area contributed by atoms with E-state index in [1.54, 1.807) is 6.20 Å². The lowest BCUT2D eigenvalue weighted by Crippen LogP contribution is -2.49. The van der Waals surface area contributed by atoms with Crippen LogP contribution in [0, 0.1) is 0 Å². The SMILES string of the molecule is CC(=O)Nc1cccc(N2CCN(C(=O)c3cccnc3-c3ccccc3)CC2)c1. The van der Waals surface area contributed by atoms with Crippen LogP contribution in [0.5, 0.6) is 0 Å². The van der Waals surface area contributed by atoms with E-state index in [4.69, 9.17) is 0 Å². The van der Waals surface area contributed by atoms with Gasteiger partial charge in [-0.1, -0.05) is 36.4 Å². The molecule has 0 saturated carbocycles. The van der Waals surface area contributed by atoms with Crippen molar-refractivity contribution in [1.82, 2.24) is 9.88 Å². The van der Waals surface area contributed by atoms with Crippen LogP contribution in [0.1, 0.15) is 17.3 Å². The van der Waals surface area contributed by atoms with Crippen LogP contribution >= 0.6 is 0 Å². The molecule has 2 heterocycles. The molecule has 152 valence electrons. The summed E-state index contributed by atoms with van der Waals surface area (Å²) in [5, 5.41) is 2.82. The molecule has 0 radical (unpaired) electrons. The molecule has 6 nitrogen and oxygen atoms in total. The molecule has 0 aliphatic carbocycles. The van der Waals surface area contributed by atoms with Crippen LogP contribution in [-0.4, -0.2) is 47.9 Å². The number of nitrogens with zero attached hydrogens (tertiary/aromatic N) is 3. The zero-order valence-corrected chi connectivity index (χ0v) is 16.9. The summed E-state index contributed by atoms with van der Waals surface area (Å²) in [5.74, 6) is -0.0816. The van der Waals surface area contributed by atoms with Gasteiger partial charge in [0.15, 0.2) is 0 Å². The summed E-state index contributed by atoms with van der Waals surface area (Å²) in [4.78, 5) is 33.1. The Morgan fingerprint density at radius 2 is 1.67 bits per heavy atom. The number of hydrogen-bond acceptors (Lipinski definition) is 4. The molecule has 0 atom stereocenters. The number of amides is 2. The van der Waals surface area contributed by atoms with Gasteiger partial charge < -0.3 is 15.1 Å². The lowest BCUT2D eigenvalue weighted by molar-refractivity contribution is -0.114. The van der Waals surface area contributed by atoms with Crippen molar-refractivity contribution in [3.8, 4) is 11.3 Å². The number of carbonyl (C=O) groups excluding carboxylic acids is 2. The molecule has 0 unspecified atom stereocenters. The van der Waals surface area contributed by atoms with Gasteiger partial charge >= 0.3 is 0 Å². The summed E-state index contributed by atoms with van der Waals surface area (Å²) < 4.78 is 0. The van der Waals surface area contributed by atoms with Crippen molar-refractivity contribution in [3.05, 3.63) is 78.5 Å². The molecule has 1 fully saturated rings. The first-order valence-electron chi connectivity index (χ1n) is 10.0. The molecule has 1 aromatic heterocycles. The van der Waals surface area contributed by atoms with Crippen molar-refractivity contribution in [1.29, 1.82) is 0 Å². The molecule has 30 heavy (non-hydrogen) atoms. The molecule has 2 aromatic carbocycles. The quantitative estimate of drug-likeness (QED) is 0.726. The summed E-state index contributed by atoms with van der Waals surface area (Å²) in [7, 11) is 0. The summed E-state index contributed by atoms with van der Waals surface area (Å²) in [6, 6.07) is 21.2. The molecular weight excluding hydrogens is 376 g/mol. The van der Waals surface area contributed by atoms with Crippen molar-refractivity contribution in [3.63, 3.8) is 0 Å². The van der Waals surface area contributed by atoms with Crippen LogP contribution in [0.15, 0.2) is 72.9 Å². The van der Waals surface area contributed by atoms with Gasteiger partial charge in [-0.15, -0.1) is 0 Å². The third-order valence-corrected chi connectivity index (χ3v) is 5.18. The third-order valence-electron chi connectivity index (χ3n) is 5.18. The van der Waals surface area contributed by atoms with Crippen LogP contribution in [0.2, 0.25) is 0 Å². The van der Waals surface area contributed by atoms with E-state index in [1.165, 1.54) is 6.92 Å². The lowest BCUT2D eigenvalue weighted by Gasteiger charge is -2.36. The molecule has 0 spiro atoms. The van der Waals surface area contributed by atoms with Crippen LogP contribution < -0.4 is 10.2 Å². The molecule has 1 N–H and O–H groups in total. The van der Waals surface area contributed by atoms with Gasteiger partial charge in [0.2, 0.25) is 5.91 Å². The Morgan fingerprint density at radius 3 is 2.40 bits per heavy atom. The van der Waals surface area contributed by atoms with Gasteiger partial charge in [0, 0.05) is 56.2 Å². The fraction of sp³-hybridized carbons (Fsp3) is 0.208. The van der Waals surface area contributed by atoms with Crippen molar-refractivity contribution in [2.24, 2.45) is 0 Å². The highest BCUT2D eigenvalue weighted by molar-refractivity contribution is 6.00. The number of aromatic nitrogens is 1. The smallest absolute Gasteiger partial charge is 0.256 e. The first-order chi connectivity index (χ1) is 14.6. The van der Waals surface area contributed by atoms with Crippen LogP contribution in [0.4, 0.5) is 11.4 Å². The molecular formula is C24H24N4O2. The maximum Gasteiger partial charge on any atom is 0.256 e. The summed E-state index contributed by atoms with van der Waals surface area (Å²) >= 11 is 0. The van der Waals surface area contributed by atoms with Gasteiger partial charge in [-0.3, -0.25) is 14.6 Å². The maximum absolute atomic E-state index is 13.2. The fourth-order valence-corrected chi connectivity index (χ4v) is 3.73. The number of carbonyl (C=O) groups is 2. The predicted octanol–water partition coefficient (Wildman–Crippen LogP) is 3.67. The van der Waals surface area contributed by atoms with Gasteiger partial charge in [0.1, 0.15) is 0 Å². The second-order valence-electron chi connectivity index (χ2n) is 7.28. The van der Waals surface area contributed by atoms with Gasteiger partial charge in [0.25, 0.3) is 5.91 Å². The van der Waals surface area contributed by atoms with Gasteiger partial charge in [-0.2, -0.15) is 0 Å². The predicted molar refractivity (Wildman–Crippen MR) is 119 cm³/mol. The number of hydrogen-bond donors (Lipinski definition) is 1. The first kappa shape index (κ1) is 19.6. The molecule has 1 saturated heterocycles. The van der Waals surface area contributed by atoms with Crippen molar-refractivity contribution < 1.29 is 9.59 Å².